The minimum Gasteiger partial charge on any atom is -0.404 e. The molecule has 0 radical (unpaired) electrons. The van der Waals surface area contributed by atoms with Gasteiger partial charge in [0, 0.05) is 18.0 Å². The second-order valence-electron chi connectivity index (χ2n) is 10.7. The van der Waals surface area contributed by atoms with Crippen LogP contribution in [0.25, 0.3) is 0 Å². The second-order valence-corrected chi connectivity index (χ2v) is 11.8. The molecule has 0 bridgehead atoms. The summed E-state index contributed by atoms with van der Waals surface area (Å²) >= 11 is 0. The smallest absolute Gasteiger partial charge is 0.404 e. The van der Waals surface area contributed by atoms with Gasteiger partial charge < -0.3 is 20.5 Å². The van der Waals surface area contributed by atoms with Gasteiger partial charge in [-0.2, -0.15) is 5.26 Å². The molecule has 11 nitrogen and oxygen atoms in total. The van der Waals surface area contributed by atoms with E-state index in [-0.39, 0.29) is 35.6 Å². The monoisotopic (exact) mass is 584 g/mol. The minimum absolute atomic E-state index is 0.0304. The number of rotatable bonds is 12. The van der Waals surface area contributed by atoms with Gasteiger partial charge in [-0.1, -0.05) is 45.2 Å². The lowest BCUT2D eigenvalue weighted by atomic mass is 9.94. The molecule has 0 spiro atoms. The molecule has 0 aliphatic heterocycles. The first-order chi connectivity index (χ1) is 19.4. The van der Waals surface area contributed by atoms with E-state index >= 15 is 0 Å². The highest BCUT2D eigenvalue weighted by Gasteiger charge is 2.29. The molecule has 0 aromatic heterocycles. The fraction of sp³-hybridized carbons (Fsp3) is 0.448. The number of benzene rings is 2. The maximum Gasteiger partial charge on any atom is 0.524 e. The molecule has 2 aromatic rings. The highest BCUT2D eigenvalue weighted by Crippen LogP contribution is 2.37. The zero-order valence-corrected chi connectivity index (χ0v) is 24.1. The lowest BCUT2D eigenvalue weighted by Crippen LogP contribution is -2.55. The van der Waals surface area contributed by atoms with Gasteiger partial charge in [0.15, 0.2) is 0 Å². The molecule has 3 rings (SSSR count). The third kappa shape index (κ3) is 10.7. The zero-order chi connectivity index (χ0) is 30.0. The van der Waals surface area contributed by atoms with Crippen molar-refractivity contribution in [2.75, 3.05) is 0 Å². The van der Waals surface area contributed by atoms with E-state index < -0.39 is 31.7 Å². The Morgan fingerprint density at radius 1 is 0.951 bits per heavy atom. The Labute approximate surface area is 239 Å². The molecule has 0 saturated heterocycles. The molecular weight excluding hydrogens is 547 g/mol. The standard InChI is InChI=1S/C29H37N4O7P/c1-19(2)16-25(28(35)31-23-6-4-3-5-7-23)33-29(36)26(32-27(34)22-12-8-21(18-30)9-13-22)17-20-10-14-24(15-11-20)40-41(37,38)39/h8-15,19,23,25-26H,3-7,16-17H2,1-2H3,(H,31,35)(H,32,34)(H,33,36)(H2,37,38,39)/t25-,26-/m0/s1. The van der Waals surface area contributed by atoms with Crippen LogP contribution in [0.5, 0.6) is 5.75 Å². The number of phosphoric acid groups is 1. The van der Waals surface area contributed by atoms with Gasteiger partial charge in [-0.3, -0.25) is 24.2 Å². The van der Waals surface area contributed by atoms with Gasteiger partial charge >= 0.3 is 7.82 Å². The molecule has 41 heavy (non-hydrogen) atoms. The van der Waals surface area contributed by atoms with Crippen LogP contribution in [0.3, 0.4) is 0 Å². The third-order valence-electron chi connectivity index (χ3n) is 6.78. The van der Waals surface area contributed by atoms with Crippen molar-refractivity contribution in [1.82, 2.24) is 16.0 Å². The summed E-state index contributed by atoms with van der Waals surface area (Å²) in [6, 6.07) is 11.9. The first-order valence-corrected chi connectivity index (χ1v) is 15.2. The van der Waals surface area contributed by atoms with E-state index in [4.69, 9.17) is 15.0 Å². The summed E-state index contributed by atoms with van der Waals surface area (Å²) in [5.41, 5.74) is 1.21. The molecule has 1 saturated carbocycles. The minimum atomic E-state index is -4.73. The van der Waals surface area contributed by atoms with E-state index in [0.717, 1.165) is 32.1 Å². The molecule has 220 valence electrons. The number of nitrogens with one attached hydrogen (secondary N) is 3. The van der Waals surface area contributed by atoms with Crippen LogP contribution in [-0.2, 0) is 20.6 Å². The van der Waals surface area contributed by atoms with Crippen molar-refractivity contribution in [2.24, 2.45) is 5.92 Å². The maximum absolute atomic E-state index is 13.6. The first-order valence-electron chi connectivity index (χ1n) is 13.7. The van der Waals surface area contributed by atoms with Gasteiger partial charge in [-0.05, 0) is 67.1 Å². The van der Waals surface area contributed by atoms with Gasteiger partial charge in [-0.25, -0.2) is 4.57 Å². The van der Waals surface area contributed by atoms with Gasteiger partial charge in [0.2, 0.25) is 11.8 Å². The summed E-state index contributed by atoms with van der Waals surface area (Å²) < 4.78 is 15.7. The molecule has 12 heteroatoms. The van der Waals surface area contributed by atoms with E-state index in [9.17, 15) is 18.9 Å². The van der Waals surface area contributed by atoms with E-state index in [1.54, 1.807) is 0 Å². The average Bonchev–Trinajstić information content (AvgIpc) is 2.92. The van der Waals surface area contributed by atoms with Crippen LogP contribution >= 0.6 is 7.82 Å². The Bertz CT molecular complexity index is 1280. The summed E-state index contributed by atoms with van der Waals surface area (Å²) in [4.78, 5) is 57.9. The van der Waals surface area contributed by atoms with E-state index in [0.29, 0.717) is 17.5 Å². The third-order valence-corrected chi connectivity index (χ3v) is 7.23. The van der Waals surface area contributed by atoms with Gasteiger partial charge in [0.1, 0.15) is 17.8 Å². The molecule has 0 unspecified atom stereocenters. The van der Waals surface area contributed by atoms with E-state index in [2.05, 4.69) is 20.5 Å². The lowest BCUT2D eigenvalue weighted by molar-refractivity contribution is -0.130. The number of hydrogen-bond acceptors (Lipinski definition) is 6. The Kier molecular flexibility index (Phi) is 11.5. The van der Waals surface area contributed by atoms with Crippen LogP contribution in [0, 0.1) is 17.2 Å². The molecule has 1 aliphatic carbocycles. The summed E-state index contributed by atoms with van der Waals surface area (Å²) in [6.45, 7) is 3.91. The second kappa shape index (κ2) is 14.8. The maximum atomic E-state index is 13.6. The van der Waals surface area contributed by atoms with Crippen molar-refractivity contribution in [3.8, 4) is 11.8 Å². The molecule has 3 amide bonds. The number of hydrogen-bond donors (Lipinski definition) is 5. The van der Waals surface area contributed by atoms with Gasteiger partial charge in [0.25, 0.3) is 5.91 Å². The van der Waals surface area contributed by atoms with Crippen LogP contribution in [0.2, 0.25) is 0 Å². The van der Waals surface area contributed by atoms with Crippen molar-refractivity contribution in [1.29, 1.82) is 5.26 Å². The van der Waals surface area contributed by atoms with Crippen LogP contribution in [0.15, 0.2) is 48.5 Å². The van der Waals surface area contributed by atoms with Crippen molar-refractivity contribution in [2.45, 2.75) is 76.9 Å². The van der Waals surface area contributed by atoms with Crippen molar-refractivity contribution >= 4 is 25.5 Å². The Morgan fingerprint density at radius 2 is 1.59 bits per heavy atom. The molecule has 0 heterocycles. The van der Waals surface area contributed by atoms with E-state index in [1.807, 2.05) is 19.9 Å². The number of carbonyl (C=O) groups excluding carboxylic acids is 3. The molecule has 1 fully saturated rings. The number of nitrogens with zero attached hydrogens (tertiary/aromatic N) is 1. The largest absolute Gasteiger partial charge is 0.524 e. The lowest BCUT2D eigenvalue weighted by Gasteiger charge is -2.28. The van der Waals surface area contributed by atoms with Crippen LogP contribution in [0.1, 0.15) is 73.9 Å². The summed E-state index contributed by atoms with van der Waals surface area (Å²) in [6.07, 6.45) is 5.49. The highest BCUT2D eigenvalue weighted by atomic mass is 31.2. The van der Waals surface area contributed by atoms with E-state index in [1.165, 1.54) is 48.5 Å². The molecule has 5 N–H and O–H groups in total. The zero-order valence-electron chi connectivity index (χ0n) is 23.2. The number of nitriles is 1. The SMILES string of the molecule is CC(C)C[C@H](NC(=O)[C@H](Cc1ccc(OP(=O)(O)O)cc1)NC(=O)c1ccc(C#N)cc1)C(=O)NC1CCCCC1. The Balaban J connectivity index is 1.80. The highest BCUT2D eigenvalue weighted by molar-refractivity contribution is 7.46. The van der Waals surface area contributed by atoms with Crippen LogP contribution < -0.4 is 20.5 Å². The number of amides is 3. The quantitative estimate of drug-likeness (QED) is 0.236. The average molecular weight is 585 g/mol. The predicted molar refractivity (Wildman–Crippen MR) is 152 cm³/mol. The molecule has 2 aromatic carbocycles. The van der Waals surface area contributed by atoms with Gasteiger partial charge in [0.05, 0.1) is 11.6 Å². The molecule has 2 atom stereocenters. The summed E-state index contributed by atoms with van der Waals surface area (Å²) in [5, 5.41) is 17.7. The van der Waals surface area contributed by atoms with Gasteiger partial charge in [-0.15, -0.1) is 0 Å². The first kappa shape index (κ1) is 31.8. The normalized spacial score (nSPS) is 15.3. The molecule has 1 aliphatic rings. The Morgan fingerprint density at radius 3 is 2.15 bits per heavy atom. The fourth-order valence-electron chi connectivity index (χ4n) is 4.73. The van der Waals surface area contributed by atoms with Crippen LogP contribution in [-0.4, -0.2) is 45.6 Å². The predicted octanol–water partition coefficient (Wildman–Crippen LogP) is 3.35. The Hall–Kier alpha value is -3.71. The summed E-state index contributed by atoms with van der Waals surface area (Å²) in [7, 11) is -4.73. The number of carbonyl (C=O) groups is 3. The fourth-order valence-corrected chi connectivity index (χ4v) is 5.13. The number of phosphoric ester groups is 1. The van der Waals surface area contributed by atoms with Crippen molar-refractivity contribution in [3.05, 3.63) is 65.2 Å². The summed E-state index contributed by atoms with van der Waals surface area (Å²) in [5.74, 6) is -1.28. The van der Waals surface area contributed by atoms with Crippen molar-refractivity contribution < 1.29 is 33.3 Å². The molecular formula is C29H37N4O7P. The topological polar surface area (TPSA) is 178 Å². The van der Waals surface area contributed by atoms with Crippen molar-refractivity contribution in [3.63, 3.8) is 0 Å². The van der Waals surface area contributed by atoms with Crippen LogP contribution in [0.4, 0.5) is 0 Å².